The maximum Gasteiger partial charge on any atom is 0.240 e. The summed E-state index contributed by atoms with van der Waals surface area (Å²) in [6.07, 6.45) is 3.82. The summed E-state index contributed by atoms with van der Waals surface area (Å²) in [7, 11) is 1.59. The van der Waals surface area contributed by atoms with Crippen LogP contribution in [0.25, 0.3) is 6.08 Å². The quantitative estimate of drug-likeness (QED) is 0.548. The molecule has 0 unspecified atom stereocenters. The smallest absolute Gasteiger partial charge is 0.240 e. The van der Waals surface area contributed by atoms with Crippen molar-refractivity contribution in [1.82, 2.24) is 0 Å². The second-order valence-corrected chi connectivity index (χ2v) is 8.40. The molecule has 0 aliphatic carbocycles. The Morgan fingerprint density at radius 3 is 2.25 bits per heavy atom. The van der Waals surface area contributed by atoms with Crippen LogP contribution in [-0.2, 0) is 14.4 Å². The zero-order valence-electron chi connectivity index (χ0n) is 17.9. The van der Waals surface area contributed by atoms with E-state index in [1.54, 1.807) is 31.4 Å². The fourth-order valence-electron chi connectivity index (χ4n) is 5.24. The molecule has 2 amide bonds. The summed E-state index contributed by atoms with van der Waals surface area (Å²) in [5.74, 6) is -1.69. The molecule has 2 saturated heterocycles. The summed E-state index contributed by atoms with van der Waals surface area (Å²) in [4.78, 5) is 54.4. The molecule has 0 radical (unpaired) electrons. The number of methoxy groups -OCH3 is 1. The van der Waals surface area contributed by atoms with Crippen molar-refractivity contribution in [2.45, 2.75) is 25.9 Å². The van der Waals surface area contributed by atoms with E-state index in [-0.39, 0.29) is 23.4 Å². The van der Waals surface area contributed by atoms with Gasteiger partial charge in [0.25, 0.3) is 0 Å². The van der Waals surface area contributed by atoms with E-state index in [1.807, 2.05) is 35.3 Å². The van der Waals surface area contributed by atoms with Crippen molar-refractivity contribution in [3.05, 3.63) is 59.7 Å². The van der Waals surface area contributed by atoms with E-state index in [1.165, 1.54) is 18.7 Å². The first-order chi connectivity index (χ1) is 15.3. The van der Waals surface area contributed by atoms with Gasteiger partial charge in [0.2, 0.25) is 11.8 Å². The molecule has 0 spiro atoms. The molecule has 7 heteroatoms. The number of amides is 2. The number of carbonyl (C=O) groups is 4. The summed E-state index contributed by atoms with van der Waals surface area (Å²) in [5, 5.41) is 0. The molecule has 7 nitrogen and oxygen atoms in total. The lowest BCUT2D eigenvalue weighted by Crippen LogP contribution is -2.48. The molecule has 0 bridgehead atoms. The Hall–Kier alpha value is -3.74. The van der Waals surface area contributed by atoms with Crippen molar-refractivity contribution in [3.63, 3.8) is 0 Å². The predicted octanol–water partition coefficient (Wildman–Crippen LogP) is 2.88. The molecule has 4 atom stereocenters. The molecule has 3 aliphatic heterocycles. The zero-order chi connectivity index (χ0) is 22.7. The molecule has 32 heavy (non-hydrogen) atoms. The highest BCUT2D eigenvalue weighted by Gasteiger charge is 2.63. The molecular formula is C25H22N2O5. The minimum atomic E-state index is -0.768. The zero-order valence-corrected chi connectivity index (χ0v) is 17.9. The molecule has 2 aromatic carbocycles. The third kappa shape index (κ3) is 2.74. The molecular weight excluding hydrogens is 408 g/mol. The normalized spacial score (nSPS) is 25.5. The van der Waals surface area contributed by atoms with Gasteiger partial charge in [0.1, 0.15) is 11.8 Å². The van der Waals surface area contributed by atoms with Crippen molar-refractivity contribution in [1.29, 1.82) is 0 Å². The van der Waals surface area contributed by atoms with Gasteiger partial charge < -0.3 is 9.64 Å². The van der Waals surface area contributed by atoms with Crippen molar-refractivity contribution < 1.29 is 23.9 Å². The Morgan fingerprint density at radius 2 is 1.62 bits per heavy atom. The lowest BCUT2D eigenvalue weighted by atomic mass is 9.88. The molecule has 0 aromatic heterocycles. The summed E-state index contributed by atoms with van der Waals surface area (Å²) >= 11 is 0. The SMILES string of the molecule is COc1ccc2c(c1)C=C[C@@H]1[C@@H]3C(=O)N(c4ccc(C(C)=O)cc4)C(=O)[C@@H]3[C@@H](C(C)=O)N21. The van der Waals surface area contributed by atoms with Crippen LogP contribution in [0.15, 0.2) is 48.5 Å². The van der Waals surface area contributed by atoms with E-state index < -0.39 is 23.9 Å². The second-order valence-electron chi connectivity index (χ2n) is 8.40. The number of nitrogens with zero attached hydrogens (tertiary/aromatic N) is 2. The van der Waals surface area contributed by atoms with Gasteiger partial charge in [0, 0.05) is 16.8 Å². The molecule has 2 fully saturated rings. The van der Waals surface area contributed by atoms with Crippen molar-refractivity contribution in [2.24, 2.45) is 11.8 Å². The van der Waals surface area contributed by atoms with Crippen molar-refractivity contribution in [2.75, 3.05) is 16.9 Å². The largest absolute Gasteiger partial charge is 0.497 e. The number of rotatable bonds is 4. The van der Waals surface area contributed by atoms with Gasteiger partial charge in [0.15, 0.2) is 11.6 Å². The molecule has 0 saturated carbocycles. The van der Waals surface area contributed by atoms with E-state index in [2.05, 4.69) is 0 Å². The Kier molecular flexibility index (Phi) is 4.51. The highest BCUT2D eigenvalue weighted by Crippen LogP contribution is 2.49. The average Bonchev–Trinajstić information content (AvgIpc) is 3.26. The highest BCUT2D eigenvalue weighted by atomic mass is 16.5. The van der Waals surface area contributed by atoms with Crippen LogP contribution in [0.4, 0.5) is 11.4 Å². The average molecular weight is 430 g/mol. The van der Waals surface area contributed by atoms with Crippen LogP contribution in [0.3, 0.4) is 0 Å². The minimum absolute atomic E-state index is 0.0950. The number of hydrogen-bond acceptors (Lipinski definition) is 6. The number of fused-ring (bicyclic) bond motifs is 5. The van der Waals surface area contributed by atoms with E-state index in [4.69, 9.17) is 4.74 Å². The molecule has 5 rings (SSSR count). The number of benzene rings is 2. The number of anilines is 2. The highest BCUT2D eigenvalue weighted by molar-refractivity contribution is 6.24. The number of imide groups is 1. The van der Waals surface area contributed by atoms with E-state index >= 15 is 0 Å². The Morgan fingerprint density at radius 1 is 0.938 bits per heavy atom. The first-order valence-electron chi connectivity index (χ1n) is 10.5. The van der Waals surface area contributed by atoms with Gasteiger partial charge >= 0.3 is 0 Å². The Labute approximate surface area is 185 Å². The minimum Gasteiger partial charge on any atom is -0.497 e. The van der Waals surface area contributed by atoms with Crippen LogP contribution < -0.4 is 14.5 Å². The van der Waals surface area contributed by atoms with Crippen LogP contribution in [0.2, 0.25) is 0 Å². The van der Waals surface area contributed by atoms with Gasteiger partial charge in [-0.05, 0) is 56.3 Å². The monoisotopic (exact) mass is 430 g/mol. The summed E-state index contributed by atoms with van der Waals surface area (Å²) < 4.78 is 5.31. The lowest BCUT2D eigenvalue weighted by Gasteiger charge is -2.36. The van der Waals surface area contributed by atoms with Crippen molar-refractivity contribution >= 4 is 40.8 Å². The molecule has 3 heterocycles. The molecule has 0 N–H and O–H groups in total. The lowest BCUT2D eigenvalue weighted by molar-refractivity contribution is -0.126. The maximum absolute atomic E-state index is 13.5. The maximum atomic E-state index is 13.5. The predicted molar refractivity (Wildman–Crippen MR) is 119 cm³/mol. The van der Waals surface area contributed by atoms with Crippen LogP contribution in [0.1, 0.15) is 29.8 Å². The fourth-order valence-corrected chi connectivity index (χ4v) is 5.24. The number of ketones is 2. The van der Waals surface area contributed by atoms with Gasteiger partial charge in [-0.1, -0.05) is 12.2 Å². The fraction of sp³-hybridized carbons (Fsp3) is 0.280. The number of Topliss-reactive ketones (excluding diaryl/α,β-unsaturated/α-hetero) is 2. The summed E-state index contributed by atoms with van der Waals surface area (Å²) in [6.45, 7) is 2.92. The number of hydrogen-bond donors (Lipinski definition) is 0. The summed E-state index contributed by atoms with van der Waals surface area (Å²) in [5.41, 5.74) is 2.61. The van der Waals surface area contributed by atoms with Gasteiger partial charge in [-0.25, -0.2) is 4.90 Å². The first kappa shape index (κ1) is 20.2. The summed E-state index contributed by atoms with van der Waals surface area (Å²) in [6, 6.07) is 10.8. The molecule has 162 valence electrons. The number of ether oxygens (including phenoxy) is 1. The van der Waals surface area contributed by atoms with Gasteiger partial charge in [-0.3, -0.25) is 19.2 Å². The second kappa shape index (κ2) is 7.15. The molecule has 2 aromatic rings. The van der Waals surface area contributed by atoms with Crippen LogP contribution >= 0.6 is 0 Å². The van der Waals surface area contributed by atoms with E-state index in [0.29, 0.717) is 17.0 Å². The molecule has 3 aliphatic rings. The van der Waals surface area contributed by atoms with E-state index in [9.17, 15) is 19.2 Å². The van der Waals surface area contributed by atoms with Gasteiger partial charge in [-0.15, -0.1) is 0 Å². The number of carbonyl (C=O) groups excluding carboxylic acids is 4. The van der Waals surface area contributed by atoms with Crippen LogP contribution in [0.5, 0.6) is 5.75 Å². The van der Waals surface area contributed by atoms with Gasteiger partial charge in [-0.2, -0.15) is 0 Å². The van der Waals surface area contributed by atoms with Crippen LogP contribution in [0, 0.1) is 11.8 Å². The van der Waals surface area contributed by atoms with Crippen molar-refractivity contribution in [3.8, 4) is 5.75 Å². The van der Waals surface area contributed by atoms with Gasteiger partial charge in [0.05, 0.1) is 30.7 Å². The standard InChI is InChI=1S/C25H22N2O5/c1-13(28)15-4-7-17(8-5-15)26-24(30)21-20-10-6-16-12-18(32-3)9-11-19(16)27(20)23(14(2)29)22(21)25(26)31/h4-12,20-23H,1-3H3/t20-,21+,22+,23-/m1/s1. The topological polar surface area (TPSA) is 84.0 Å². The Bertz CT molecular complexity index is 1200. The first-order valence-corrected chi connectivity index (χ1v) is 10.5. The third-order valence-electron chi connectivity index (χ3n) is 6.66. The van der Waals surface area contributed by atoms with E-state index in [0.717, 1.165) is 11.3 Å². The van der Waals surface area contributed by atoms with Crippen LogP contribution in [-0.4, -0.2) is 42.6 Å². The third-order valence-corrected chi connectivity index (χ3v) is 6.66. The Balaban J connectivity index is 1.57.